The van der Waals surface area contributed by atoms with Gasteiger partial charge in [0.1, 0.15) is 18.0 Å². The number of hydrogen-bond acceptors (Lipinski definition) is 5. The van der Waals surface area contributed by atoms with Gasteiger partial charge in [-0.2, -0.15) is 18.3 Å². The number of ether oxygens (including phenoxy) is 2. The minimum Gasteiger partial charge on any atom is -0.487 e. The summed E-state index contributed by atoms with van der Waals surface area (Å²) in [5.41, 5.74) is 3.27. The normalized spacial score (nSPS) is 11.7. The molecular formula is C18H21F3N4O4. The Morgan fingerprint density at radius 2 is 1.72 bits per heavy atom. The number of rotatable bonds is 4. The van der Waals surface area contributed by atoms with Crippen molar-refractivity contribution in [3.63, 3.8) is 0 Å². The summed E-state index contributed by atoms with van der Waals surface area (Å²) in [6, 6.07) is 4.17. The number of carbonyl (C=O) groups is 2. The lowest BCUT2D eigenvalue weighted by Crippen LogP contribution is -2.44. The van der Waals surface area contributed by atoms with Gasteiger partial charge in [-0.1, -0.05) is 0 Å². The first-order valence-corrected chi connectivity index (χ1v) is 8.47. The Labute approximate surface area is 164 Å². The maximum absolute atomic E-state index is 12.6. The fourth-order valence-corrected chi connectivity index (χ4v) is 2.19. The smallest absolute Gasteiger partial charge is 0.426 e. The summed E-state index contributed by atoms with van der Waals surface area (Å²) < 4.78 is 49.7. The number of hydrogen-bond donors (Lipinski definition) is 2. The third-order valence-electron chi connectivity index (χ3n) is 3.54. The lowest BCUT2D eigenvalue weighted by atomic mass is 10.2. The van der Waals surface area contributed by atoms with Gasteiger partial charge >= 0.3 is 12.3 Å². The largest absolute Gasteiger partial charge is 0.487 e. The summed E-state index contributed by atoms with van der Waals surface area (Å²) in [4.78, 5) is 23.9. The van der Waals surface area contributed by atoms with Crippen LogP contribution in [0.3, 0.4) is 0 Å². The number of alkyl halides is 3. The van der Waals surface area contributed by atoms with Crippen molar-refractivity contribution in [3.8, 4) is 5.75 Å². The van der Waals surface area contributed by atoms with Gasteiger partial charge in [0.2, 0.25) is 0 Å². The molecule has 0 atom stereocenters. The summed E-state index contributed by atoms with van der Waals surface area (Å²) in [5, 5.41) is 3.97. The molecule has 0 aliphatic rings. The van der Waals surface area contributed by atoms with Crippen molar-refractivity contribution in [1.29, 1.82) is 0 Å². The van der Waals surface area contributed by atoms with Crippen LogP contribution >= 0.6 is 0 Å². The molecule has 29 heavy (non-hydrogen) atoms. The Balaban J connectivity index is 2.00. The summed E-state index contributed by atoms with van der Waals surface area (Å²) in [5.74, 6) is -0.465. The molecule has 0 unspecified atom stereocenters. The van der Waals surface area contributed by atoms with E-state index in [1.165, 1.54) is 23.0 Å². The molecule has 11 heteroatoms. The second-order valence-electron chi connectivity index (χ2n) is 7.02. The highest BCUT2D eigenvalue weighted by atomic mass is 19.4. The van der Waals surface area contributed by atoms with Gasteiger partial charge in [-0.15, -0.1) is 0 Å². The van der Waals surface area contributed by atoms with E-state index in [1.807, 2.05) is 0 Å². The number of aromatic nitrogens is 2. The molecule has 2 amide bonds. The quantitative estimate of drug-likeness (QED) is 0.750. The Kier molecular flexibility index (Phi) is 6.40. The van der Waals surface area contributed by atoms with Crippen LogP contribution in [0.15, 0.2) is 30.5 Å². The van der Waals surface area contributed by atoms with Crippen LogP contribution in [0.1, 0.15) is 42.4 Å². The molecule has 1 aromatic carbocycles. The third kappa shape index (κ3) is 6.40. The van der Waals surface area contributed by atoms with E-state index in [0.29, 0.717) is 5.69 Å². The highest BCUT2D eigenvalue weighted by molar-refractivity contribution is 5.95. The summed E-state index contributed by atoms with van der Waals surface area (Å²) in [6.07, 6.45) is -4.00. The number of carbonyl (C=O) groups excluding carboxylic acids is 2. The predicted octanol–water partition coefficient (Wildman–Crippen LogP) is 3.19. The van der Waals surface area contributed by atoms with Crippen LogP contribution in [0.4, 0.5) is 18.0 Å². The lowest BCUT2D eigenvalue weighted by Gasteiger charge is -2.19. The van der Waals surface area contributed by atoms with Crippen molar-refractivity contribution < 1.29 is 32.2 Å². The molecule has 2 N–H and O–H groups in total. The van der Waals surface area contributed by atoms with Crippen molar-refractivity contribution in [2.75, 3.05) is 0 Å². The van der Waals surface area contributed by atoms with Gasteiger partial charge in [0.05, 0.1) is 23.0 Å². The SMILES string of the molecule is Cn1ncc(C(=O)NNC(=O)OC(C)(C)C)c1COc1ccc(C(F)(F)F)cc1. The first-order chi connectivity index (χ1) is 13.4. The van der Waals surface area contributed by atoms with Gasteiger partial charge in [-0.3, -0.25) is 14.9 Å². The van der Waals surface area contributed by atoms with Crippen molar-refractivity contribution in [1.82, 2.24) is 20.6 Å². The van der Waals surface area contributed by atoms with Gasteiger partial charge in [0, 0.05) is 7.05 Å². The van der Waals surface area contributed by atoms with Gasteiger partial charge in [-0.05, 0) is 45.0 Å². The molecule has 0 aliphatic carbocycles. The molecule has 0 saturated carbocycles. The van der Waals surface area contributed by atoms with Crippen LogP contribution in [0.25, 0.3) is 0 Å². The molecule has 2 aromatic rings. The molecule has 8 nitrogen and oxygen atoms in total. The van der Waals surface area contributed by atoms with Gasteiger partial charge < -0.3 is 9.47 Å². The summed E-state index contributed by atoms with van der Waals surface area (Å²) >= 11 is 0. The van der Waals surface area contributed by atoms with Crippen LogP contribution in [-0.2, 0) is 24.6 Å². The predicted molar refractivity (Wildman–Crippen MR) is 95.8 cm³/mol. The monoisotopic (exact) mass is 414 g/mol. The Morgan fingerprint density at radius 3 is 2.28 bits per heavy atom. The number of hydrazine groups is 1. The van der Waals surface area contributed by atoms with E-state index < -0.39 is 29.3 Å². The second kappa shape index (κ2) is 8.41. The minimum atomic E-state index is -4.44. The molecule has 1 heterocycles. The van der Waals surface area contributed by atoms with E-state index in [1.54, 1.807) is 27.8 Å². The number of benzene rings is 1. The first-order valence-electron chi connectivity index (χ1n) is 8.47. The first kappa shape index (κ1) is 22.1. The van der Waals surface area contributed by atoms with Crippen molar-refractivity contribution in [2.45, 2.75) is 39.2 Å². The van der Waals surface area contributed by atoms with Crippen LogP contribution < -0.4 is 15.6 Å². The summed E-state index contributed by atoms with van der Waals surface area (Å²) in [7, 11) is 1.57. The van der Waals surface area contributed by atoms with Crippen LogP contribution in [0.5, 0.6) is 5.75 Å². The molecular weight excluding hydrogens is 393 g/mol. The molecule has 0 saturated heterocycles. The number of aryl methyl sites for hydroxylation is 1. The van der Waals surface area contributed by atoms with E-state index in [9.17, 15) is 22.8 Å². The van der Waals surface area contributed by atoms with Crippen molar-refractivity contribution in [3.05, 3.63) is 47.3 Å². The Morgan fingerprint density at radius 1 is 1.10 bits per heavy atom. The van der Waals surface area contributed by atoms with E-state index in [2.05, 4.69) is 16.0 Å². The highest BCUT2D eigenvalue weighted by Gasteiger charge is 2.30. The van der Waals surface area contributed by atoms with Gasteiger partial charge in [-0.25, -0.2) is 10.2 Å². The van der Waals surface area contributed by atoms with E-state index in [0.717, 1.165) is 12.1 Å². The zero-order valence-corrected chi connectivity index (χ0v) is 16.3. The number of halogens is 3. The fourth-order valence-electron chi connectivity index (χ4n) is 2.19. The van der Waals surface area contributed by atoms with Crippen LogP contribution in [0.2, 0.25) is 0 Å². The van der Waals surface area contributed by atoms with Crippen LogP contribution in [0, 0.1) is 0 Å². The zero-order chi connectivity index (χ0) is 21.8. The highest BCUT2D eigenvalue weighted by Crippen LogP contribution is 2.30. The molecule has 0 bridgehead atoms. The summed E-state index contributed by atoms with van der Waals surface area (Å²) in [6.45, 7) is 4.89. The molecule has 158 valence electrons. The molecule has 2 rings (SSSR count). The lowest BCUT2D eigenvalue weighted by molar-refractivity contribution is -0.137. The molecule has 1 aromatic heterocycles. The topological polar surface area (TPSA) is 94.5 Å². The van der Waals surface area contributed by atoms with Crippen molar-refractivity contribution >= 4 is 12.0 Å². The minimum absolute atomic E-state index is 0.121. The maximum atomic E-state index is 12.6. The maximum Gasteiger partial charge on any atom is 0.426 e. The van der Waals surface area contributed by atoms with Crippen molar-refractivity contribution in [2.24, 2.45) is 7.05 Å². The average Bonchev–Trinajstić information content (AvgIpc) is 2.97. The molecule has 0 aliphatic heterocycles. The zero-order valence-electron chi connectivity index (χ0n) is 16.3. The van der Waals surface area contributed by atoms with Gasteiger partial charge in [0.25, 0.3) is 5.91 Å². The second-order valence-corrected chi connectivity index (χ2v) is 7.02. The Hall–Kier alpha value is -3.24. The van der Waals surface area contributed by atoms with E-state index in [4.69, 9.17) is 9.47 Å². The number of nitrogens with zero attached hydrogens (tertiary/aromatic N) is 2. The molecule has 0 fully saturated rings. The average molecular weight is 414 g/mol. The van der Waals surface area contributed by atoms with E-state index >= 15 is 0 Å². The fraction of sp³-hybridized carbons (Fsp3) is 0.389. The number of nitrogens with one attached hydrogen (secondary N) is 2. The van der Waals surface area contributed by atoms with E-state index in [-0.39, 0.29) is 17.9 Å². The van der Waals surface area contributed by atoms with Crippen LogP contribution in [-0.4, -0.2) is 27.4 Å². The Bertz CT molecular complexity index is 871. The number of amides is 2. The standard InChI is InChI=1S/C18H21F3N4O4/c1-17(2,3)29-16(27)24-23-15(26)13-9-22-25(4)14(13)10-28-12-7-5-11(6-8-12)18(19,20)21/h5-9H,10H2,1-4H3,(H,23,26)(H,24,27). The molecule has 0 radical (unpaired) electrons. The third-order valence-corrected chi connectivity index (χ3v) is 3.54. The van der Waals surface area contributed by atoms with Gasteiger partial charge in [0.15, 0.2) is 0 Å². The molecule has 0 spiro atoms.